The number of nitrogens with one attached hydrogen (secondary N) is 1. The summed E-state index contributed by atoms with van der Waals surface area (Å²) in [6, 6.07) is 24.1. The van der Waals surface area contributed by atoms with E-state index in [-0.39, 0.29) is 5.91 Å². The lowest BCUT2D eigenvalue weighted by molar-refractivity contribution is 0.102. The fourth-order valence-electron chi connectivity index (χ4n) is 2.27. The third-order valence-electron chi connectivity index (χ3n) is 3.49. The van der Waals surface area contributed by atoms with Gasteiger partial charge >= 0.3 is 0 Å². The second kappa shape index (κ2) is 7.66. The Labute approximate surface area is 145 Å². The fourth-order valence-corrected chi connectivity index (χ4v) is 2.45. The highest BCUT2D eigenvalue weighted by atomic mass is 35.5. The number of rotatable bonds is 5. The summed E-state index contributed by atoms with van der Waals surface area (Å²) in [7, 11) is 0. The second-order valence-corrected chi connectivity index (χ2v) is 5.61. The van der Waals surface area contributed by atoms with E-state index >= 15 is 0 Å². The van der Waals surface area contributed by atoms with E-state index in [9.17, 15) is 4.79 Å². The molecule has 0 fully saturated rings. The van der Waals surface area contributed by atoms with Gasteiger partial charge in [-0.15, -0.1) is 0 Å². The number of ether oxygens (including phenoxy) is 1. The molecule has 3 rings (SSSR count). The number of carbonyl (C=O) groups is 1. The monoisotopic (exact) mass is 337 g/mol. The number of hydrogen-bond donors (Lipinski definition) is 1. The van der Waals surface area contributed by atoms with Gasteiger partial charge in [-0.2, -0.15) is 0 Å². The van der Waals surface area contributed by atoms with Crippen LogP contribution in [-0.2, 0) is 6.61 Å². The molecule has 4 heteroatoms. The minimum Gasteiger partial charge on any atom is -0.488 e. The van der Waals surface area contributed by atoms with Crippen LogP contribution in [0.3, 0.4) is 0 Å². The first-order chi connectivity index (χ1) is 11.7. The molecule has 0 heterocycles. The van der Waals surface area contributed by atoms with Crippen molar-refractivity contribution in [1.29, 1.82) is 0 Å². The van der Waals surface area contributed by atoms with Gasteiger partial charge in [0, 0.05) is 0 Å². The highest BCUT2D eigenvalue weighted by Gasteiger charge is 2.13. The van der Waals surface area contributed by atoms with Crippen LogP contribution in [0, 0.1) is 0 Å². The van der Waals surface area contributed by atoms with E-state index in [0.717, 1.165) is 5.56 Å². The number of anilines is 1. The van der Waals surface area contributed by atoms with E-state index in [2.05, 4.69) is 5.32 Å². The SMILES string of the molecule is O=C(Nc1ccccc1Cl)c1ccccc1OCc1ccccc1. The Morgan fingerprint density at radius 1 is 0.875 bits per heavy atom. The highest BCUT2D eigenvalue weighted by Crippen LogP contribution is 2.24. The van der Waals surface area contributed by atoms with E-state index in [0.29, 0.717) is 28.6 Å². The Bertz CT molecular complexity index is 834. The van der Waals surface area contributed by atoms with Crippen molar-refractivity contribution in [2.75, 3.05) is 5.32 Å². The van der Waals surface area contributed by atoms with Gasteiger partial charge in [-0.25, -0.2) is 0 Å². The van der Waals surface area contributed by atoms with Crippen molar-refractivity contribution < 1.29 is 9.53 Å². The molecule has 0 aromatic heterocycles. The lowest BCUT2D eigenvalue weighted by Crippen LogP contribution is -2.14. The number of benzene rings is 3. The van der Waals surface area contributed by atoms with Crippen molar-refractivity contribution >= 4 is 23.2 Å². The van der Waals surface area contributed by atoms with Crippen LogP contribution < -0.4 is 10.1 Å². The fraction of sp³-hybridized carbons (Fsp3) is 0.0500. The van der Waals surface area contributed by atoms with Crippen molar-refractivity contribution in [3.8, 4) is 5.75 Å². The van der Waals surface area contributed by atoms with Gasteiger partial charge in [0.15, 0.2) is 0 Å². The molecule has 0 saturated carbocycles. The normalized spacial score (nSPS) is 10.2. The standard InChI is InChI=1S/C20H16ClNO2/c21-17-11-5-6-12-18(17)22-20(23)16-10-4-7-13-19(16)24-14-15-8-2-1-3-9-15/h1-13H,14H2,(H,22,23). The Kier molecular flexibility index (Phi) is 5.14. The van der Waals surface area contributed by atoms with Crippen LogP contribution in [0.4, 0.5) is 5.69 Å². The maximum atomic E-state index is 12.5. The van der Waals surface area contributed by atoms with Crippen molar-refractivity contribution in [2.24, 2.45) is 0 Å². The predicted octanol–water partition coefficient (Wildman–Crippen LogP) is 5.17. The maximum absolute atomic E-state index is 12.5. The van der Waals surface area contributed by atoms with Crippen molar-refractivity contribution in [2.45, 2.75) is 6.61 Å². The van der Waals surface area contributed by atoms with E-state index in [1.807, 2.05) is 48.5 Å². The average molecular weight is 338 g/mol. The molecule has 0 atom stereocenters. The summed E-state index contributed by atoms with van der Waals surface area (Å²) >= 11 is 6.09. The molecule has 0 spiro atoms. The van der Waals surface area contributed by atoms with Gasteiger partial charge in [0.25, 0.3) is 5.91 Å². The molecule has 0 aliphatic heterocycles. The highest BCUT2D eigenvalue weighted by molar-refractivity contribution is 6.33. The number of halogens is 1. The van der Waals surface area contributed by atoms with Crippen LogP contribution in [0.25, 0.3) is 0 Å². The zero-order valence-electron chi connectivity index (χ0n) is 12.9. The van der Waals surface area contributed by atoms with Gasteiger partial charge in [0.05, 0.1) is 16.3 Å². The molecule has 3 aromatic rings. The van der Waals surface area contributed by atoms with E-state index in [4.69, 9.17) is 16.3 Å². The first-order valence-corrected chi connectivity index (χ1v) is 7.93. The third kappa shape index (κ3) is 3.94. The Morgan fingerprint density at radius 2 is 1.54 bits per heavy atom. The van der Waals surface area contributed by atoms with Crippen LogP contribution in [-0.4, -0.2) is 5.91 Å². The minimum absolute atomic E-state index is 0.258. The van der Waals surface area contributed by atoms with Crippen molar-refractivity contribution in [3.05, 3.63) is 95.0 Å². The van der Waals surface area contributed by atoms with Gasteiger partial charge in [-0.3, -0.25) is 4.79 Å². The summed E-state index contributed by atoms with van der Waals surface area (Å²) in [6.45, 7) is 0.400. The van der Waals surface area contributed by atoms with Crippen LogP contribution >= 0.6 is 11.6 Å². The molecular weight excluding hydrogens is 322 g/mol. The zero-order valence-corrected chi connectivity index (χ0v) is 13.7. The molecule has 0 aliphatic carbocycles. The molecule has 3 nitrogen and oxygen atoms in total. The maximum Gasteiger partial charge on any atom is 0.259 e. The summed E-state index contributed by atoms with van der Waals surface area (Å²) in [5.41, 5.74) is 2.08. The molecular formula is C20H16ClNO2. The molecule has 0 radical (unpaired) electrons. The van der Waals surface area contributed by atoms with E-state index in [1.54, 1.807) is 30.3 Å². The van der Waals surface area contributed by atoms with Crippen molar-refractivity contribution in [1.82, 2.24) is 0 Å². The second-order valence-electron chi connectivity index (χ2n) is 5.20. The quantitative estimate of drug-likeness (QED) is 0.697. The van der Waals surface area contributed by atoms with Crippen LogP contribution in [0.5, 0.6) is 5.75 Å². The van der Waals surface area contributed by atoms with Crippen LogP contribution in [0.2, 0.25) is 5.02 Å². The minimum atomic E-state index is -0.258. The number of amides is 1. The van der Waals surface area contributed by atoms with Crippen LogP contribution in [0.1, 0.15) is 15.9 Å². The molecule has 0 saturated heterocycles. The van der Waals surface area contributed by atoms with Gasteiger partial charge in [0.1, 0.15) is 12.4 Å². The lowest BCUT2D eigenvalue weighted by Gasteiger charge is -2.12. The average Bonchev–Trinajstić information content (AvgIpc) is 2.63. The van der Waals surface area contributed by atoms with Crippen LogP contribution in [0.15, 0.2) is 78.9 Å². The largest absolute Gasteiger partial charge is 0.488 e. The number of carbonyl (C=O) groups excluding carboxylic acids is 1. The molecule has 0 unspecified atom stereocenters. The molecule has 1 N–H and O–H groups in total. The molecule has 3 aromatic carbocycles. The summed E-state index contributed by atoms with van der Waals surface area (Å²) in [4.78, 5) is 12.5. The molecule has 24 heavy (non-hydrogen) atoms. The zero-order chi connectivity index (χ0) is 16.8. The number of hydrogen-bond acceptors (Lipinski definition) is 2. The van der Waals surface area contributed by atoms with Gasteiger partial charge in [-0.1, -0.05) is 66.2 Å². The first-order valence-electron chi connectivity index (χ1n) is 7.55. The summed E-state index contributed by atoms with van der Waals surface area (Å²) < 4.78 is 5.82. The molecule has 120 valence electrons. The van der Waals surface area contributed by atoms with Gasteiger partial charge in [-0.05, 0) is 29.8 Å². The summed E-state index contributed by atoms with van der Waals surface area (Å²) in [5.74, 6) is 0.276. The Hall–Kier alpha value is -2.78. The number of para-hydroxylation sites is 2. The Morgan fingerprint density at radius 3 is 2.33 bits per heavy atom. The summed E-state index contributed by atoms with van der Waals surface area (Å²) in [5, 5.41) is 3.31. The molecule has 0 aliphatic rings. The van der Waals surface area contributed by atoms with Gasteiger partial charge < -0.3 is 10.1 Å². The Balaban J connectivity index is 1.76. The molecule has 1 amide bonds. The smallest absolute Gasteiger partial charge is 0.259 e. The first kappa shape index (κ1) is 16.1. The lowest BCUT2D eigenvalue weighted by atomic mass is 10.1. The topological polar surface area (TPSA) is 38.3 Å². The summed E-state index contributed by atoms with van der Waals surface area (Å²) in [6.07, 6.45) is 0. The molecule has 0 bridgehead atoms. The third-order valence-corrected chi connectivity index (χ3v) is 3.82. The van der Waals surface area contributed by atoms with Gasteiger partial charge in [0.2, 0.25) is 0 Å². The van der Waals surface area contributed by atoms with E-state index in [1.165, 1.54) is 0 Å². The van der Waals surface area contributed by atoms with Crippen molar-refractivity contribution in [3.63, 3.8) is 0 Å². The predicted molar refractivity (Wildman–Crippen MR) is 96.6 cm³/mol. The van der Waals surface area contributed by atoms with E-state index < -0.39 is 0 Å².